The summed E-state index contributed by atoms with van der Waals surface area (Å²) in [5, 5.41) is 23.3. The van der Waals surface area contributed by atoms with Crippen molar-refractivity contribution in [2.45, 2.75) is 93.1 Å². The Morgan fingerprint density at radius 3 is 2.32 bits per heavy atom. The normalized spacial score (nSPS) is 19.6. The number of benzene rings is 2. The minimum Gasteiger partial charge on any atom is -0.440 e. The first-order chi connectivity index (χ1) is 22.1. The predicted octanol–water partition coefficient (Wildman–Crippen LogP) is 5.57. The Bertz CT molecular complexity index is 1450. The number of halogens is 3. The fourth-order valence-corrected chi connectivity index (χ4v) is 7.37. The average Bonchev–Trinajstić information content (AvgIpc) is 3.73. The lowest BCUT2D eigenvalue weighted by Gasteiger charge is -2.37. The van der Waals surface area contributed by atoms with Crippen molar-refractivity contribution >= 4 is 69.6 Å². The maximum absolute atomic E-state index is 14.1. The Balaban J connectivity index is 1.58. The lowest BCUT2D eigenvalue weighted by molar-refractivity contribution is -0.134. The number of alkyl halides is 1. The Hall–Kier alpha value is -2.61. The summed E-state index contributed by atoms with van der Waals surface area (Å²) in [5.41, 5.74) is 0.744. The highest BCUT2D eigenvalue weighted by Gasteiger charge is 2.44. The van der Waals surface area contributed by atoms with Crippen LogP contribution in [0.2, 0.25) is 10.0 Å². The number of hydrogen-bond donors (Lipinski definition) is 5. The average molecular weight is 802 g/mol. The van der Waals surface area contributed by atoms with Crippen molar-refractivity contribution < 1.29 is 29.0 Å². The zero-order valence-corrected chi connectivity index (χ0v) is 30.6. The van der Waals surface area contributed by atoms with Crippen LogP contribution in [0.25, 0.3) is 0 Å². The van der Waals surface area contributed by atoms with Gasteiger partial charge in [0.05, 0.1) is 6.04 Å². The second-order valence-electron chi connectivity index (χ2n) is 13.4. The quantitative estimate of drug-likeness (QED) is 0.0961. The first-order valence-electron chi connectivity index (χ1n) is 15.9. The van der Waals surface area contributed by atoms with Gasteiger partial charge in [-0.15, -0.1) is 0 Å². The molecule has 2 fully saturated rings. The van der Waals surface area contributed by atoms with Gasteiger partial charge in [0.15, 0.2) is 9.65 Å². The van der Waals surface area contributed by atoms with Crippen molar-refractivity contribution in [1.29, 1.82) is 0 Å². The monoisotopic (exact) mass is 800 g/mol. The van der Waals surface area contributed by atoms with Crippen LogP contribution in [-0.2, 0) is 24.5 Å². The molecule has 47 heavy (non-hydrogen) atoms. The number of nitrogens with one attached hydrogen (secondary N) is 4. The van der Waals surface area contributed by atoms with Crippen molar-refractivity contribution in [3.63, 3.8) is 0 Å². The van der Waals surface area contributed by atoms with Gasteiger partial charge in [-0.05, 0) is 96.0 Å². The largest absolute Gasteiger partial charge is 0.440 e. The van der Waals surface area contributed by atoms with Gasteiger partial charge in [0, 0.05) is 34.0 Å². The third-order valence-electron chi connectivity index (χ3n) is 8.56. The number of aliphatic hydroxyl groups excluding tert-OH is 1. The van der Waals surface area contributed by atoms with Gasteiger partial charge in [0.2, 0.25) is 5.91 Å². The molecule has 1 aliphatic carbocycles. The van der Waals surface area contributed by atoms with E-state index in [1.54, 1.807) is 30.3 Å². The van der Waals surface area contributed by atoms with E-state index in [1.807, 2.05) is 68.5 Å². The highest BCUT2D eigenvalue weighted by molar-refractivity contribution is 14.1. The minimum atomic E-state index is -1.59. The second-order valence-corrected chi connectivity index (χ2v) is 16.1. The smallest absolute Gasteiger partial charge is 0.409 e. The van der Waals surface area contributed by atoms with Crippen molar-refractivity contribution in [2.24, 2.45) is 11.8 Å². The van der Waals surface area contributed by atoms with Crippen molar-refractivity contribution in [3.05, 3.63) is 69.7 Å². The number of hydrogen-bond acceptors (Lipinski definition) is 6. The van der Waals surface area contributed by atoms with Crippen molar-refractivity contribution in [1.82, 2.24) is 21.3 Å². The fourth-order valence-electron chi connectivity index (χ4n) is 5.79. The van der Waals surface area contributed by atoms with E-state index < -0.39 is 51.0 Å². The van der Waals surface area contributed by atoms with Gasteiger partial charge in [-0.25, -0.2) is 4.79 Å². The van der Waals surface area contributed by atoms with E-state index in [9.17, 15) is 24.3 Å². The zero-order valence-electron chi connectivity index (χ0n) is 26.9. The molecule has 256 valence electrons. The first kappa shape index (κ1) is 37.2. The molecule has 3 unspecified atom stereocenters. The van der Waals surface area contributed by atoms with Gasteiger partial charge < -0.3 is 25.8 Å². The van der Waals surface area contributed by atoms with Crippen LogP contribution in [0.4, 0.5) is 4.79 Å². The van der Waals surface area contributed by atoms with E-state index in [0.29, 0.717) is 28.6 Å². The molecule has 1 aliphatic heterocycles. The van der Waals surface area contributed by atoms with Crippen LogP contribution in [0, 0.1) is 11.8 Å². The molecule has 1 saturated heterocycles. The Morgan fingerprint density at radius 2 is 1.74 bits per heavy atom. The van der Waals surface area contributed by atoms with E-state index >= 15 is 0 Å². The number of carbonyl (C=O) groups excluding carboxylic acids is 4. The summed E-state index contributed by atoms with van der Waals surface area (Å²) in [4.78, 5) is 53.1. The van der Waals surface area contributed by atoms with Crippen molar-refractivity contribution in [3.8, 4) is 0 Å². The van der Waals surface area contributed by atoms with Crippen LogP contribution >= 0.6 is 45.8 Å². The van der Waals surface area contributed by atoms with Crippen LogP contribution < -0.4 is 21.3 Å². The summed E-state index contributed by atoms with van der Waals surface area (Å²) in [6.45, 7) is 8.16. The molecule has 2 aromatic carbocycles. The molecule has 5 atom stereocenters. The lowest BCUT2D eigenvalue weighted by atomic mass is 9.76. The number of amides is 4. The number of carbonyl (C=O) groups is 4. The van der Waals surface area contributed by atoms with E-state index in [1.165, 1.54) is 0 Å². The van der Waals surface area contributed by atoms with Crippen LogP contribution in [0.5, 0.6) is 0 Å². The van der Waals surface area contributed by atoms with Gasteiger partial charge in [-0.3, -0.25) is 19.7 Å². The first-order valence-corrected chi connectivity index (χ1v) is 17.7. The Kier molecular flexibility index (Phi) is 12.5. The number of aliphatic hydroxyl groups is 1. The summed E-state index contributed by atoms with van der Waals surface area (Å²) in [6.07, 6.45) is -0.825. The van der Waals surface area contributed by atoms with Crippen molar-refractivity contribution in [2.75, 3.05) is 6.54 Å². The molecule has 2 aromatic rings. The molecule has 0 aromatic heterocycles. The number of ether oxygens (including phenoxy) is 1. The molecule has 0 bridgehead atoms. The summed E-state index contributed by atoms with van der Waals surface area (Å²) >= 11 is 14.4. The Morgan fingerprint density at radius 1 is 1.06 bits per heavy atom. The molecule has 2 aliphatic rings. The van der Waals surface area contributed by atoms with E-state index in [4.69, 9.17) is 27.9 Å². The fraction of sp³-hybridized carbons (Fsp3) is 0.529. The Labute approximate surface area is 299 Å². The molecule has 0 radical (unpaired) electrons. The molecule has 13 heteroatoms. The molecular weight excluding hydrogens is 758 g/mol. The third kappa shape index (κ3) is 9.96. The summed E-state index contributed by atoms with van der Waals surface area (Å²) < 4.78 is 4.61. The highest BCUT2D eigenvalue weighted by Crippen LogP contribution is 2.41. The minimum absolute atomic E-state index is 0.00549. The van der Waals surface area contributed by atoms with Gasteiger partial charge in [0.1, 0.15) is 6.10 Å². The molecule has 1 saturated carbocycles. The molecule has 1 heterocycles. The van der Waals surface area contributed by atoms with Crippen LogP contribution in [0.1, 0.15) is 77.0 Å². The molecule has 10 nitrogen and oxygen atoms in total. The van der Waals surface area contributed by atoms with Crippen LogP contribution in [0.3, 0.4) is 0 Å². The second kappa shape index (κ2) is 15.7. The maximum atomic E-state index is 14.1. The lowest BCUT2D eigenvalue weighted by Crippen LogP contribution is -2.60. The maximum Gasteiger partial charge on any atom is 0.409 e. The molecule has 4 amide bonds. The summed E-state index contributed by atoms with van der Waals surface area (Å²) in [7, 11) is 0. The third-order valence-corrected chi connectivity index (χ3v) is 10.2. The molecule has 0 spiro atoms. The van der Waals surface area contributed by atoms with E-state index in [2.05, 4.69) is 21.3 Å². The van der Waals surface area contributed by atoms with Gasteiger partial charge in [-0.1, -0.05) is 75.2 Å². The van der Waals surface area contributed by atoms with Crippen LogP contribution in [-0.4, -0.2) is 57.2 Å². The molecular formula is C34H43Cl2IN4O6. The predicted molar refractivity (Wildman–Crippen MR) is 189 cm³/mol. The standard InChI is InChI=1S/C34H43Cl2IN4O6/c1-19(2)18-34(37,31(45)40-26(16-21-14-15-38-29(21)43)27(42)30(44)39-25-12-13-25)41-32(46)47-28(20-8-10-23(35)11-9-20)33(3,4)22-6-5-7-24(36)17-22/h5-11,17,19,21,25-28,42H,12-16,18H2,1-4H3,(H,38,43)(H,39,44)(H,40,45)(H,41,46)/t21-,26-,27?,28?,34?/m0/s1. The van der Waals surface area contributed by atoms with E-state index in [0.717, 1.165) is 18.4 Å². The SMILES string of the molecule is CC(C)CC(I)(NC(=O)OC(c1ccc(Cl)cc1)C(C)(C)c1cccc(Cl)c1)C(=O)N[C@@H](C[C@@H]1CCNC1=O)C(O)C(=O)NC1CC1. The number of rotatable bonds is 14. The summed E-state index contributed by atoms with van der Waals surface area (Å²) in [6, 6.07) is 13.2. The summed E-state index contributed by atoms with van der Waals surface area (Å²) in [5.74, 6) is -1.96. The zero-order chi connectivity index (χ0) is 34.5. The van der Waals surface area contributed by atoms with Gasteiger partial charge in [0.25, 0.3) is 11.8 Å². The highest BCUT2D eigenvalue weighted by atomic mass is 127. The van der Waals surface area contributed by atoms with Gasteiger partial charge >= 0.3 is 6.09 Å². The van der Waals surface area contributed by atoms with Crippen LogP contribution in [0.15, 0.2) is 48.5 Å². The topological polar surface area (TPSA) is 146 Å². The van der Waals surface area contributed by atoms with Gasteiger partial charge in [-0.2, -0.15) is 0 Å². The molecule has 4 rings (SSSR count). The number of alkyl carbamates (subject to hydrolysis) is 1. The molecule has 5 N–H and O–H groups in total. The van der Waals surface area contributed by atoms with E-state index in [-0.39, 0.29) is 30.7 Å².